The quantitative estimate of drug-likeness (QED) is 0.725. The van der Waals surface area contributed by atoms with Crippen LogP contribution in [0.1, 0.15) is 24.2 Å². The maximum absolute atomic E-state index is 12.0. The van der Waals surface area contributed by atoms with Crippen LogP contribution in [0.4, 0.5) is 0 Å². The minimum absolute atomic E-state index is 0. The van der Waals surface area contributed by atoms with Gasteiger partial charge in [-0.15, -0.1) is 24.2 Å². The monoisotopic (exact) mass is 302 g/mol. The van der Waals surface area contributed by atoms with Crippen LogP contribution in [0.25, 0.3) is 0 Å². The molecule has 0 fully saturated rings. The summed E-state index contributed by atoms with van der Waals surface area (Å²) in [6.45, 7) is 4.64. The first kappa shape index (κ1) is 18.3. The number of amides is 1. The molecule has 1 unspecified atom stereocenters. The Kier molecular flexibility index (Phi) is 10.7. The van der Waals surface area contributed by atoms with Crippen LogP contribution >= 0.6 is 24.2 Å². The fourth-order valence-corrected chi connectivity index (χ4v) is 2.42. The van der Waals surface area contributed by atoms with Crippen molar-refractivity contribution in [3.05, 3.63) is 35.9 Å². The van der Waals surface area contributed by atoms with Crippen molar-refractivity contribution in [3.8, 4) is 0 Å². The van der Waals surface area contributed by atoms with Gasteiger partial charge in [-0.05, 0) is 24.8 Å². The van der Waals surface area contributed by atoms with Gasteiger partial charge < -0.3 is 10.6 Å². The van der Waals surface area contributed by atoms with Gasteiger partial charge in [-0.25, -0.2) is 0 Å². The Morgan fingerprint density at radius 2 is 1.89 bits per heavy atom. The number of thioether (sulfide) groups is 1. The zero-order valence-corrected chi connectivity index (χ0v) is 13.2. The fourth-order valence-electron chi connectivity index (χ4n) is 1.69. The SMILES string of the molecule is CCCNCCNC(=O)C(SC)c1ccccc1.Cl. The summed E-state index contributed by atoms with van der Waals surface area (Å²) < 4.78 is 0. The van der Waals surface area contributed by atoms with Crippen molar-refractivity contribution in [1.82, 2.24) is 10.6 Å². The highest BCUT2D eigenvalue weighted by Gasteiger charge is 2.18. The number of rotatable bonds is 8. The van der Waals surface area contributed by atoms with Crippen molar-refractivity contribution < 1.29 is 4.79 Å². The summed E-state index contributed by atoms with van der Waals surface area (Å²) in [7, 11) is 0. The van der Waals surface area contributed by atoms with E-state index in [-0.39, 0.29) is 23.6 Å². The maximum atomic E-state index is 12.0. The average Bonchev–Trinajstić information content (AvgIpc) is 2.40. The van der Waals surface area contributed by atoms with E-state index in [1.807, 2.05) is 36.6 Å². The largest absolute Gasteiger partial charge is 0.354 e. The summed E-state index contributed by atoms with van der Waals surface area (Å²) in [5.41, 5.74) is 1.06. The van der Waals surface area contributed by atoms with Gasteiger partial charge in [0.2, 0.25) is 5.91 Å². The number of halogens is 1. The lowest BCUT2D eigenvalue weighted by Crippen LogP contribution is -2.34. The predicted octanol–water partition coefficient (Wildman–Crippen LogP) is 2.63. The molecule has 0 aliphatic carbocycles. The third-order valence-electron chi connectivity index (χ3n) is 2.60. The normalized spacial score (nSPS) is 11.5. The van der Waals surface area contributed by atoms with E-state index in [9.17, 15) is 4.79 Å². The maximum Gasteiger partial charge on any atom is 0.237 e. The second-order valence-electron chi connectivity index (χ2n) is 4.07. The van der Waals surface area contributed by atoms with Crippen LogP contribution in [-0.2, 0) is 4.79 Å². The molecule has 3 nitrogen and oxygen atoms in total. The van der Waals surface area contributed by atoms with E-state index in [0.29, 0.717) is 6.54 Å². The smallest absolute Gasteiger partial charge is 0.237 e. The molecule has 5 heteroatoms. The number of carbonyl (C=O) groups is 1. The third-order valence-corrected chi connectivity index (χ3v) is 3.56. The second-order valence-corrected chi connectivity index (χ2v) is 5.01. The van der Waals surface area contributed by atoms with Crippen molar-refractivity contribution in [1.29, 1.82) is 0 Å². The highest BCUT2D eigenvalue weighted by atomic mass is 35.5. The molecule has 1 atom stereocenters. The molecule has 1 amide bonds. The first-order valence-electron chi connectivity index (χ1n) is 6.35. The summed E-state index contributed by atoms with van der Waals surface area (Å²) in [6, 6.07) is 9.89. The molecular weight excluding hydrogens is 280 g/mol. The van der Waals surface area contributed by atoms with Gasteiger partial charge in [0.15, 0.2) is 0 Å². The molecular formula is C14H23ClN2OS. The van der Waals surface area contributed by atoms with E-state index in [1.165, 1.54) is 0 Å². The zero-order valence-electron chi connectivity index (χ0n) is 11.5. The Morgan fingerprint density at radius 3 is 2.47 bits per heavy atom. The highest BCUT2D eigenvalue weighted by Crippen LogP contribution is 2.26. The van der Waals surface area contributed by atoms with Gasteiger partial charge in [0.1, 0.15) is 5.25 Å². The lowest BCUT2D eigenvalue weighted by atomic mass is 10.1. The zero-order chi connectivity index (χ0) is 13.2. The molecule has 108 valence electrons. The van der Waals surface area contributed by atoms with Crippen molar-refractivity contribution >= 4 is 30.1 Å². The molecule has 19 heavy (non-hydrogen) atoms. The number of nitrogens with one attached hydrogen (secondary N) is 2. The lowest BCUT2D eigenvalue weighted by molar-refractivity contribution is -0.120. The van der Waals surface area contributed by atoms with E-state index in [1.54, 1.807) is 11.8 Å². The average molecular weight is 303 g/mol. The minimum atomic E-state index is -0.114. The first-order valence-corrected chi connectivity index (χ1v) is 7.64. The van der Waals surface area contributed by atoms with Crippen LogP contribution in [0.2, 0.25) is 0 Å². The third kappa shape index (κ3) is 6.85. The summed E-state index contributed by atoms with van der Waals surface area (Å²) in [5.74, 6) is 0.0898. The Labute approximate surface area is 126 Å². The summed E-state index contributed by atoms with van der Waals surface area (Å²) in [6.07, 6.45) is 3.08. The van der Waals surface area contributed by atoms with Gasteiger partial charge in [-0.3, -0.25) is 4.79 Å². The van der Waals surface area contributed by atoms with Crippen LogP contribution in [-0.4, -0.2) is 31.8 Å². The van der Waals surface area contributed by atoms with E-state index in [2.05, 4.69) is 17.6 Å². The van der Waals surface area contributed by atoms with Gasteiger partial charge in [0, 0.05) is 13.1 Å². The van der Waals surface area contributed by atoms with Crippen molar-refractivity contribution in [3.63, 3.8) is 0 Å². The molecule has 0 saturated carbocycles. The van der Waals surface area contributed by atoms with E-state index in [0.717, 1.165) is 25.1 Å². The first-order chi connectivity index (χ1) is 8.79. The Hall–Kier alpha value is -0.710. The van der Waals surface area contributed by atoms with E-state index in [4.69, 9.17) is 0 Å². The van der Waals surface area contributed by atoms with E-state index < -0.39 is 0 Å². The standard InChI is InChI=1S/C14H22N2OS.ClH/c1-3-9-15-10-11-16-14(17)13(18-2)12-7-5-4-6-8-12;/h4-8,13,15H,3,9-11H2,1-2H3,(H,16,17);1H. The van der Waals surface area contributed by atoms with Crippen molar-refractivity contribution in [2.75, 3.05) is 25.9 Å². The van der Waals surface area contributed by atoms with Crippen LogP contribution in [0, 0.1) is 0 Å². The molecule has 0 aliphatic rings. The summed E-state index contributed by atoms with van der Waals surface area (Å²) >= 11 is 1.57. The number of carbonyl (C=O) groups excluding carboxylic acids is 1. The van der Waals surface area contributed by atoms with Crippen molar-refractivity contribution in [2.24, 2.45) is 0 Å². The predicted molar refractivity (Wildman–Crippen MR) is 86.1 cm³/mol. The Morgan fingerprint density at radius 1 is 1.21 bits per heavy atom. The lowest BCUT2D eigenvalue weighted by Gasteiger charge is -2.15. The van der Waals surface area contributed by atoms with Gasteiger partial charge in [0.25, 0.3) is 0 Å². The van der Waals surface area contributed by atoms with Crippen LogP contribution in [0.3, 0.4) is 0 Å². The Bertz CT molecular complexity index is 349. The van der Waals surface area contributed by atoms with Gasteiger partial charge in [-0.2, -0.15) is 0 Å². The molecule has 0 saturated heterocycles. The highest BCUT2D eigenvalue weighted by molar-refractivity contribution is 7.99. The molecule has 0 heterocycles. The molecule has 1 aromatic carbocycles. The molecule has 0 aliphatic heterocycles. The molecule has 1 rings (SSSR count). The van der Waals surface area contributed by atoms with Crippen LogP contribution in [0.15, 0.2) is 30.3 Å². The molecule has 0 radical (unpaired) electrons. The van der Waals surface area contributed by atoms with Gasteiger partial charge >= 0.3 is 0 Å². The number of benzene rings is 1. The fraction of sp³-hybridized carbons (Fsp3) is 0.500. The molecule has 0 bridgehead atoms. The van der Waals surface area contributed by atoms with Gasteiger partial charge in [-0.1, -0.05) is 37.3 Å². The van der Waals surface area contributed by atoms with Gasteiger partial charge in [0.05, 0.1) is 0 Å². The topological polar surface area (TPSA) is 41.1 Å². The second kappa shape index (κ2) is 11.1. The molecule has 1 aromatic rings. The number of hydrogen-bond acceptors (Lipinski definition) is 3. The van der Waals surface area contributed by atoms with Crippen LogP contribution in [0.5, 0.6) is 0 Å². The summed E-state index contributed by atoms with van der Waals surface area (Å²) in [4.78, 5) is 12.0. The van der Waals surface area contributed by atoms with E-state index >= 15 is 0 Å². The Balaban J connectivity index is 0.00000324. The number of hydrogen-bond donors (Lipinski definition) is 2. The molecule has 0 spiro atoms. The summed E-state index contributed by atoms with van der Waals surface area (Å²) in [5, 5.41) is 6.12. The molecule has 0 aromatic heterocycles. The van der Waals surface area contributed by atoms with Crippen LogP contribution < -0.4 is 10.6 Å². The van der Waals surface area contributed by atoms with Crippen molar-refractivity contribution in [2.45, 2.75) is 18.6 Å². The molecule has 2 N–H and O–H groups in total. The minimum Gasteiger partial charge on any atom is -0.354 e.